The monoisotopic (exact) mass is 426 g/mol. The highest BCUT2D eigenvalue weighted by Crippen LogP contribution is 2.10. The van der Waals surface area contributed by atoms with Crippen LogP contribution in [0, 0.1) is 0 Å². The van der Waals surface area contributed by atoms with E-state index in [0.29, 0.717) is 59.5 Å². The predicted molar refractivity (Wildman–Crippen MR) is 119 cm³/mol. The molecule has 174 valence electrons. The molecule has 0 aromatic heterocycles. The first kappa shape index (κ1) is 27.0. The van der Waals surface area contributed by atoms with Crippen LogP contribution in [0.1, 0.15) is 43.7 Å². The van der Waals surface area contributed by atoms with Crippen LogP contribution in [0.2, 0.25) is 0 Å². The third-order valence-electron chi connectivity index (χ3n) is 4.57. The molecule has 1 aromatic rings. The molecule has 0 saturated heterocycles. The minimum Gasteiger partial charge on any atom is -0.394 e. The fourth-order valence-corrected chi connectivity index (χ4v) is 2.83. The minimum absolute atomic E-state index is 0.0440. The molecule has 0 aliphatic carbocycles. The van der Waals surface area contributed by atoms with E-state index in [4.69, 9.17) is 28.8 Å². The fraction of sp³-hybridized carbons (Fsp3) is 0.750. The lowest BCUT2D eigenvalue weighted by Gasteiger charge is -2.08. The molecule has 1 rings (SSSR count). The first-order valence-electron chi connectivity index (χ1n) is 11.4. The molecule has 0 fully saturated rings. The molecular weight excluding hydrogens is 384 g/mol. The van der Waals surface area contributed by atoms with E-state index in [-0.39, 0.29) is 6.61 Å². The second kappa shape index (κ2) is 21.2. The number of hydrogen-bond acceptors (Lipinski definition) is 6. The van der Waals surface area contributed by atoms with Crippen molar-refractivity contribution in [1.82, 2.24) is 0 Å². The maximum absolute atomic E-state index is 8.55. The molecule has 0 heterocycles. The van der Waals surface area contributed by atoms with Crippen molar-refractivity contribution < 1.29 is 28.8 Å². The van der Waals surface area contributed by atoms with Gasteiger partial charge in [-0.2, -0.15) is 0 Å². The summed E-state index contributed by atoms with van der Waals surface area (Å²) in [5.74, 6) is 0. The van der Waals surface area contributed by atoms with Crippen molar-refractivity contribution in [3.63, 3.8) is 0 Å². The molecule has 0 bridgehead atoms. The number of hydrogen-bond donors (Lipinski definition) is 1. The number of aryl methyl sites for hydroxylation is 2. The van der Waals surface area contributed by atoms with Crippen LogP contribution in [0.15, 0.2) is 24.3 Å². The van der Waals surface area contributed by atoms with Gasteiger partial charge in [-0.05, 0) is 43.2 Å². The third-order valence-corrected chi connectivity index (χ3v) is 4.57. The largest absolute Gasteiger partial charge is 0.394 e. The standard InChI is InChI=1S/C24H42O6/c1-2-3-6-23-8-10-24(11-9-23)7-4-5-13-26-15-17-28-19-21-30-22-20-29-18-16-27-14-12-25/h8-11,25H,2-7,12-22H2,1H3. The van der Waals surface area contributed by atoms with Crippen LogP contribution in [-0.4, -0.2) is 77.8 Å². The average Bonchev–Trinajstić information content (AvgIpc) is 2.77. The Bertz CT molecular complexity index is 465. The molecule has 0 atom stereocenters. The average molecular weight is 427 g/mol. The van der Waals surface area contributed by atoms with E-state index < -0.39 is 0 Å². The number of unbranched alkanes of at least 4 members (excludes halogenated alkanes) is 2. The summed E-state index contributed by atoms with van der Waals surface area (Å²) in [6.07, 6.45) is 7.05. The van der Waals surface area contributed by atoms with Crippen molar-refractivity contribution in [3.8, 4) is 0 Å². The zero-order valence-electron chi connectivity index (χ0n) is 18.8. The Morgan fingerprint density at radius 2 is 0.933 bits per heavy atom. The van der Waals surface area contributed by atoms with Crippen molar-refractivity contribution in [2.24, 2.45) is 0 Å². The number of benzene rings is 1. The van der Waals surface area contributed by atoms with Crippen LogP contribution in [0.25, 0.3) is 0 Å². The van der Waals surface area contributed by atoms with Crippen LogP contribution in [0.3, 0.4) is 0 Å². The van der Waals surface area contributed by atoms with Gasteiger partial charge in [0.15, 0.2) is 0 Å². The molecule has 0 spiro atoms. The highest BCUT2D eigenvalue weighted by Gasteiger charge is 1.97. The van der Waals surface area contributed by atoms with Gasteiger partial charge in [-0.25, -0.2) is 0 Å². The van der Waals surface area contributed by atoms with Gasteiger partial charge in [-0.15, -0.1) is 0 Å². The van der Waals surface area contributed by atoms with Gasteiger partial charge in [0, 0.05) is 6.61 Å². The summed E-state index contributed by atoms with van der Waals surface area (Å²) < 4.78 is 26.9. The summed E-state index contributed by atoms with van der Waals surface area (Å²) in [5, 5.41) is 8.55. The lowest BCUT2D eigenvalue weighted by Crippen LogP contribution is -2.13. The Hall–Kier alpha value is -1.02. The Morgan fingerprint density at radius 1 is 0.533 bits per heavy atom. The van der Waals surface area contributed by atoms with Crippen molar-refractivity contribution in [2.45, 2.75) is 45.4 Å². The number of rotatable bonds is 22. The van der Waals surface area contributed by atoms with E-state index in [1.165, 1.54) is 30.4 Å². The molecule has 0 radical (unpaired) electrons. The molecule has 0 saturated carbocycles. The second-order valence-electron chi connectivity index (χ2n) is 7.16. The molecule has 6 heteroatoms. The summed E-state index contributed by atoms with van der Waals surface area (Å²) in [6.45, 7) is 7.86. The molecular formula is C24H42O6. The molecule has 0 amide bonds. The Morgan fingerprint density at radius 3 is 1.37 bits per heavy atom. The highest BCUT2D eigenvalue weighted by atomic mass is 16.6. The number of aliphatic hydroxyl groups excluding tert-OH is 1. The van der Waals surface area contributed by atoms with Gasteiger partial charge in [-0.1, -0.05) is 37.6 Å². The SMILES string of the molecule is CCCCc1ccc(CCCCOCCOCCOCCOCCOCCO)cc1. The van der Waals surface area contributed by atoms with E-state index in [1.807, 2.05) is 0 Å². The Balaban J connectivity index is 1.77. The minimum atomic E-state index is 0.0440. The van der Waals surface area contributed by atoms with Crippen molar-refractivity contribution in [2.75, 3.05) is 72.7 Å². The highest BCUT2D eigenvalue weighted by molar-refractivity contribution is 5.22. The van der Waals surface area contributed by atoms with Gasteiger partial charge < -0.3 is 28.8 Å². The molecule has 0 unspecified atom stereocenters. The molecule has 1 N–H and O–H groups in total. The Labute approximate surface area is 182 Å². The number of ether oxygens (including phenoxy) is 5. The number of aliphatic hydroxyl groups is 1. The lowest BCUT2D eigenvalue weighted by atomic mass is 10.0. The Kier molecular flexibility index (Phi) is 19.1. The predicted octanol–water partition coefficient (Wildman–Crippen LogP) is 3.43. The smallest absolute Gasteiger partial charge is 0.0701 e. The van der Waals surface area contributed by atoms with E-state index in [1.54, 1.807) is 0 Å². The normalized spacial score (nSPS) is 11.3. The van der Waals surface area contributed by atoms with E-state index in [2.05, 4.69) is 31.2 Å². The van der Waals surface area contributed by atoms with Crippen molar-refractivity contribution in [1.29, 1.82) is 0 Å². The summed E-state index contributed by atoms with van der Waals surface area (Å²) in [6, 6.07) is 9.07. The van der Waals surface area contributed by atoms with Gasteiger partial charge in [0.2, 0.25) is 0 Å². The maximum Gasteiger partial charge on any atom is 0.0701 e. The van der Waals surface area contributed by atoms with E-state index in [9.17, 15) is 0 Å². The van der Waals surface area contributed by atoms with Crippen molar-refractivity contribution >= 4 is 0 Å². The summed E-state index contributed by atoms with van der Waals surface area (Å²) in [4.78, 5) is 0. The van der Waals surface area contributed by atoms with Crippen LogP contribution in [0.4, 0.5) is 0 Å². The third kappa shape index (κ3) is 16.7. The van der Waals surface area contributed by atoms with Gasteiger partial charge in [-0.3, -0.25) is 0 Å². The lowest BCUT2D eigenvalue weighted by molar-refractivity contribution is -0.0134. The zero-order chi connectivity index (χ0) is 21.5. The molecule has 1 aromatic carbocycles. The van der Waals surface area contributed by atoms with Crippen molar-refractivity contribution in [3.05, 3.63) is 35.4 Å². The zero-order valence-corrected chi connectivity index (χ0v) is 18.8. The first-order chi connectivity index (χ1) is 14.9. The van der Waals surface area contributed by atoms with Gasteiger partial charge in [0.05, 0.1) is 66.1 Å². The van der Waals surface area contributed by atoms with E-state index in [0.717, 1.165) is 25.9 Å². The molecule has 30 heavy (non-hydrogen) atoms. The first-order valence-corrected chi connectivity index (χ1v) is 11.4. The van der Waals surface area contributed by atoms with Crippen LogP contribution >= 0.6 is 0 Å². The molecule has 0 aliphatic heterocycles. The maximum atomic E-state index is 8.55. The summed E-state index contributed by atoms with van der Waals surface area (Å²) in [7, 11) is 0. The van der Waals surface area contributed by atoms with Gasteiger partial charge in [0.25, 0.3) is 0 Å². The van der Waals surface area contributed by atoms with Crippen LogP contribution in [0.5, 0.6) is 0 Å². The van der Waals surface area contributed by atoms with Crippen LogP contribution in [-0.2, 0) is 36.5 Å². The van der Waals surface area contributed by atoms with Gasteiger partial charge in [0.1, 0.15) is 0 Å². The van der Waals surface area contributed by atoms with E-state index >= 15 is 0 Å². The molecule has 6 nitrogen and oxygen atoms in total. The molecule has 0 aliphatic rings. The summed E-state index contributed by atoms with van der Waals surface area (Å²) >= 11 is 0. The summed E-state index contributed by atoms with van der Waals surface area (Å²) in [5.41, 5.74) is 2.86. The van der Waals surface area contributed by atoms with Gasteiger partial charge >= 0.3 is 0 Å². The fourth-order valence-electron chi connectivity index (χ4n) is 2.83. The second-order valence-corrected chi connectivity index (χ2v) is 7.16. The van der Waals surface area contributed by atoms with Crippen LogP contribution < -0.4 is 0 Å². The topological polar surface area (TPSA) is 66.4 Å². The quantitative estimate of drug-likeness (QED) is 0.287.